The predicted octanol–water partition coefficient (Wildman–Crippen LogP) is 4.13. The molecule has 0 bridgehead atoms. The highest BCUT2D eigenvalue weighted by Crippen LogP contribution is 2.20. The minimum Gasteiger partial charge on any atom is -0.467 e. The molecule has 0 radical (unpaired) electrons. The van der Waals surface area contributed by atoms with E-state index in [0.717, 1.165) is 26.5 Å². The van der Waals surface area contributed by atoms with Gasteiger partial charge in [-0.2, -0.15) is 0 Å². The van der Waals surface area contributed by atoms with Crippen molar-refractivity contribution in [2.24, 2.45) is 4.99 Å². The molecule has 2 aromatic carbocycles. The van der Waals surface area contributed by atoms with Gasteiger partial charge >= 0.3 is 5.97 Å². The van der Waals surface area contributed by atoms with Crippen LogP contribution in [0.5, 0.6) is 0 Å². The third-order valence-corrected chi connectivity index (χ3v) is 4.36. The van der Waals surface area contributed by atoms with Gasteiger partial charge in [-0.3, -0.25) is 4.99 Å². The van der Waals surface area contributed by atoms with E-state index in [2.05, 4.69) is 25.9 Å². The number of methoxy groups -OCH3 is 1. The zero-order valence-corrected chi connectivity index (χ0v) is 14.8. The molecule has 3 rings (SSSR count). The molecule has 0 aliphatic heterocycles. The van der Waals surface area contributed by atoms with Gasteiger partial charge in [0.05, 0.1) is 7.11 Å². The van der Waals surface area contributed by atoms with Gasteiger partial charge in [0.15, 0.2) is 6.04 Å². The first kappa shape index (κ1) is 16.5. The van der Waals surface area contributed by atoms with Crippen LogP contribution in [0.4, 0.5) is 0 Å². The average molecular weight is 385 g/mol. The number of aromatic amines is 1. The van der Waals surface area contributed by atoms with Gasteiger partial charge in [-0.15, -0.1) is 0 Å². The Hall–Kier alpha value is -2.40. The van der Waals surface area contributed by atoms with E-state index in [4.69, 9.17) is 4.74 Å². The van der Waals surface area contributed by atoms with E-state index in [9.17, 15) is 4.79 Å². The number of fused-ring (bicyclic) bond motifs is 1. The Bertz CT molecular complexity index is 868. The summed E-state index contributed by atoms with van der Waals surface area (Å²) in [6.07, 6.45) is 4.13. The van der Waals surface area contributed by atoms with Crippen LogP contribution in [0.2, 0.25) is 0 Å². The van der Waals surface area contributed by atoms with Crippen LogP contribution in [-0.2, 0) is 16.0 Å². The van der Waals surface area contributed by atoms with E-state index in [-0.39, 0.29) is 5.97 Å². The van der Waals surface area contributed by atoms with E-state index < -0.39 is 6.04 Å². The molecular formula is C19H17BrN2O2. The van der Waals surface area contributed by atoms with Crippen molar-refractivity contribution in [2.45, 2.75) is 12.5 Å². The molecule has 0 fully saturated rings. The Morgan fingerprint density at radius 3 is 2.75 bits per heavy atom. The highest BCUT2D eigenvalue weighted by Gasteiger charge is 2.19. The molecule has 0 unspecified atom stereocenters. The highest BCUT2D eigenvalue weighted by atomic mass is 79.9. The molecule has 0 spiro atoms. The molecule has 0 amide bonds. The lowest BCUT2D eigenvalue weighted by molar-refractivity contribution is -0.142. The van der Waals surface area contributed by atoms with Crippen LogP contribution >= 0.6 is 15.9 Å². The van der Waals surface area contributed by atoms with Crippen LogP contribution in [0.25, 0.3) is 10.9 Å². The van der Waals surface area contributed by atoms with Gasteiger partial charge in [0.1, 0.15) is 0 Å². The molecule has 0 aliphatic carbocycles. The first-order chi connectivity index (χ1) is 11.7. The molecule has 0 saturated heterocycles. The maximum Gasteiger partial charge on any atom is 0.330 e. The number of nitrogens with zero attached hydrogens (tertiary/aromatic N) is 1. The normalized spacial score (nSPS) is 12.6. The lowest BCUT2D eigenvalue weighted by Crippen LogP contribution is -2.23. The van der Waals surface area contributed by atoms with Crippen molar-refractivity contribution < 1.29 is 9.53 Å². The number of ether oxygens (including phenoxy) is 1. The number of para-hydroxylation sites is 1. The largest absolute Gasteiger partial charge is 0.467 e. The van der Waals surface area contributed by atoms with Gasteiger partial charge in [0.2, 0.25) is 0 Å². The fourth-order valence-corrected chi connectivity index (χ4v) is 2.83. The van der Waals surface area contributed by atoms with Gasteiger partial charge in [-0.1, -0.05) is 46.3 Å². The van der Waals surface area contributed by atoms with E-state index in [1.165, 1.54) is 7.11 Å². The topological polar surface area (TPSA) is 54.5 Å². The average Bonchev–Trinajstić information content (AvgIpc) is 3.02. The van der Waals surface area contributed by atoms with Crippen molar-refractivity contribution in [3.8, 4) is 0 Å². The summed E-state index contributed by atoms with van der Waals surface area (Å²) < 4.78 is 5.91. The van der Waals surface area contributed by atoms with Crippen LogP contribution in [0.15, 0.2) is 64.2 Å². The van der Waals surface area contributed by atoms with Crippen LogP contribution in [0.1, 0.15) is 11.1 Å². The summed E-state index contributed by atoms with van der Waals surface area (Å²) in [6, 6.07) is 15.2. The second-order valence-electron chi connectivity index (χ2n) is 5.43. The van der Waals surface area contributed by atoms with Crippen molar-refractivity contribution in [3.63, 3.8) is 0 Å². The summed E-state index contributed by atoms with van der Waals surface area (Å²) >= 11 is 3.40. The number of H-pyrrole nitrogens is 1. The summed E-state index contributed by atoms with van der Waals surface area (Å²) in [5, 5.41) is 1.10. The number of hydrogen-bond acceptors (Lipinski definition) is 3. The summed E-state index contributed by atoms with van der Waals surface area (Å²) in [4.78, 5) is 19.8. The monoisotopic (exact) mass is 384 g/mol. The highest BCUT2D eigenvalue weighted by molar-refractivity contribution is 9.10. The number of hydrogen-bond donors (Lipinski definition) is 1. The SMILES string of the molecule is COC(=O)[C@H](Cc1c[nH]c2ccccc12)N=Cc1ccc(Br)cc1. The fourth-order valence-electron chi connectivity index (χ4n) is 2.57. The number of carbonyl (C=O) groups is 1. The zero-order chi connectivity index (χ0) is 16.9. The summed E-state index contributed by atoms with van der Waals surface area (Å²) in [7, 11) is 1.39. The zero-order valence-electron chi connectivity index (χ0n) is 13.2. The molecule has 24 heavy (non-hydrogen) atoms. The molecule has 0 aliphatic rings. The number of aliphatic imine (C=N–C) groups is 1. The molecule has 4 nitrogen and oxygen atoms in total. The van der Waals surface area contributed by atoms with Crippen LogP contribution in [-0.4, -0.2) is 30.3 Å². The Kier molecular flexibility index (Phi) is 5.11. The first-order valence-corrected chi connectivity index (χ1v) is 8.38. The summed E-state index contributed by atoms with van der Waals surface area (Å²) in [5.41, 5.74) is 3.04. The van der Waals surface area contributed by atoms with Crippen molar-refractivity contribution in [1.29, 1.82) is 0 Å². The number of rotatable bonds is 5. The number of esters is 1. The maximum absolute atomic E-state index is 12.1. The third-order valence-electron chi connectivity index (χ3n) is 3.83. The molecule has 0 saturated carbocycles. The smallest absolute Gasteiger partial charge is 0.330 e. The Morgan fingerprint density at radius 2 is 2.00 bits per heavy atom. The van der Waals surface area contributed by atoms with Crippen LogP contribution < -0.4 is 0 Å². The Balaban J connectivity index is 1.84. The number of halogens is 1. The molecule has 122 valence electrons. The number of carbonyl (C=O) groups excluding carboxylic acids is 1. The van der Waals surface area contributed by atoms with E-state index in [1.54, 1.807) is 6.21 Å². The van der Waals surface area contributed by atoms with Gasteiger partial charge in [0, 0.05) is 34.2 Å². The molecule has 1 heterocycles. The molecule has 1 aromatic heterocycles. The van der Waals surface area contributed by atoms with Crippen LogP contribution in [0, 0.1) is 0 Å². The standard InChI is InChI=1S/C19H17BrN2O2/c1-24-19(23)18(21-11-13-6-8-15(20)9-7-13)10-14-12-22-17-5-3-2-4-16(14)17/h2-9,11-12,18,22H,10H2,1H3/t18-/m0/s1. The molecular weight excluding hydrogens is 368 g/mol. The van der Waals surface area contributed by atoms with Crippen molar-refractivity contribution >= 4 is 39.0 Å². The Morgan fingerprint density at radius 1 is 1.25 bits per heavy atom. The maximum atomic E-state index is 12.1. The molecule has 1 atom stereocenters. The first-order valence-electron chi connectivity index (χ1n) is 7.59. The van der Waals surface area contributed by atoms with Crippen molar-refractivity contribution in [3.05, 3.63) is 70.3 Å². The number of nitrogens with one attached hydrogen (secondary N) is 1. The molecule has 3 aromatic rings. The van der Waals surface area contributed by atoms with Gasteiger partial charge in [-0.05, 0) is 29.3 Å². The van der Waals surface area contributed by atoms with Gasteiger partial charge in [0.25, 0.3) is 0 Å². The van der Waals surface area contributed by atoms with Gasteiger partial charge < -0.3 is 9.72 Å². The number of benzene rings is 2. The fraction of sp³-hybridized carbons (Fsp3) is 0.158. The van der Waals surface area contributed by atoms with Crippen molar-refractivity contribution in [1.82, 2.24) is 4.98 Å². The molecule has 1 N–H and O–H groups in total. The lowest BCUT2D eigenvalue weighted by atomic mass is 10.1. The second kappa shape index (κ2) is 7.45. The third kappa shape index (κ3) is 3.74. The van der Waals surface area contributed by atoms with E-state index in [0.29, 0.717) is 6.42 Å². The van der Waals surface area contributed by atoms with E-state index >= 15 is 0 Å². The Labute approximate surface area is 148 Å². The van der Waals surface area contributed by atoms with E-state index in [1.807, 2.05) is 54.7 Å². The van der Waals surface area contributed by atoms with Crippen LogP contribution in [0.3, 0.4) is 0 Å². The minimum absolute atomic E-state index is 0.339. The number of aromatic nitrogens is 1. The predicted molar refractivity (Wildman–Crippen MR) is 99.5 cm³/mol. The second-order valence-corrected chi connectivity index (χ2v) is 6.35. The van der Waals surface area contributed by atoms with Crippen molar-refractivity contribution in [2.75, 3.05) is 7.11 Å². The lowest BCUT2D eigenvalue weighted by Gasteiger charge is -2.09. The minimum atomic E-state index is -0.571. The quantitative estimate of drug-likeness (QED) is 0.530. The summed E-state index contributed by atoms with van der Waals surface area (Å²) in [5.74, 6) is -0.339. The molecule has 5 heteroatoms. The van der Waals surface area contributed by atoms with Gasteiger partial charge in [-0.25, -0.2) is 4.79 Å². The summed E-state index contributed by atoms with van der Waals surface area (Å²) in [6.45, 7) is 0.